The maximum atomic E-state index is 12.4. The number of aromatic nitrogens is 2. The molecular formula is C15H18N4O. The quantitative estimate of drug-likeness (QED) is 0.825. The molecule has 0 bridgehead atoms. The van der Waals surface area contributed by atoms with E-state index >= 15 is 0 Å². The Kier molecular flexibility index (Phi) is 3.52. The van der Waals surface area contributed by atoms with E-state index in [9.17, 15) is 4.79 Å². The summed E-state index contributed by atoms with van der Waals surface area (Å²) in [5.74, 6) is 0.116. The van der Waals surface area contributed by atoms with Crippen molar-refractivity contribution in [2.75, 3.05) is 33.2 Å². The van der Waals surface area contributed by atoms with Crippen molar-refractivity contribution in [2.45, 2.75) is 0 Å². The normalized spacial score (nSPS) is 16.4. The van der Waals surface area contributed by atoms with Crippen LogP contribution in [0, 0.1) is 0 Å². The molecule has 1 aliphatic heterocycles. The van der Waals surface area contributed by atoms with Crippen LogP contribution in [-0.4, -0.2) is 58.7 Å². The minimum atomic E-state index is 0.116. The monoisotopic (exact) mass is 270 g/mol. The van der Waals surface area contributed by atoms with Crippen LogP contribution in [0.3, 0.4) is 0 Å². The molecule has 1 aromatic carbocycles. The lowest BCUT2D eigenvalue weighted by Crippen LogP contribution is -2.47. The van der Waals surface area contributed by atoms with E-state index < -0.39 is 0 Å². The summed E-state index contributed by atoms with van der Waals surface area (Å²) in [6.45, 7) is 3.49. The van der Waals surface area contributed by atoms with Crippen LogP contribution >= 0.6 is 0 Å². The Hall–Kier alpha value is -2.14. The Morgan fingerprint density at radius 1 is 1.10 bits per heavy atom. The molecule has 0 spiro atoms. The predicted molar refractivity (Wildman–Crippen MR) is 77.0 cm³/mol. The minimum absolute atomic E-state index is 0.116. The number of likely N-dealkylation sites (N-methyl/N-ethyl adjacent to an activating group) is 1. The maximum Gasteiger partial charge on any atom is 0.253 e. The Morgan fingerprint density at radius 3 is 2.40 bits per heavy atom. The Morgan fingerprint density at radius 2 is 1.80 bits per heavy atom. The number of rotatable bonds is 2. The molecule has 2 heterocycles. The van der Waals surface area contributed by atoms with Gasteiger partial charge in [0.1, 0.15) is 0 Å². The van der Waals surface area contributed by atoms with Crippen LogP contribution in [0.2, 0.25) is 0 Å². The van der Waals surface area contributed by atoms with Gasteiger partial charge < -0.3 is 9.80 Å². The molecule has 0 aliphatic carbocycles. The average molecular weight is 270 g/mol. The van der Waals surface area contributed by atoms with E-state index in [0.29, 0.717) is 0 Å². The van der Waals surface area contributed by atoms with Crippen molar-refractivity contribution < 1.29 is 4.79 Å². The SMILES string of the molecule is CN1CCN(C(=O)c2ccc(-n3cccn3)cc2)CC1. The van der Waals surface area contributed by atoms with Gasteiger partial charge in [0.15, 0.2) is 0 Å². The summed E-state index contributed by atoms with van der Waals surface area (Å²) < 4.78 is 1.78. The van der Waals surface area contributed by atoms with E-state index in [2.05, 4.69) is 17.0 Å². The molecule has 0 radical (unpaired) electrons. The molecule has 1 amide bonds. The first kappa shape index (κ1) is 12.9. The van der Waals surface area contributed by atoms with Crippen molar-refractivity contribution in [3.8, 4) is 5.69 Å². The summed E-state index contributed by atoms with van der Waals surface area (Å²) >= 11 is 0. The Bertz CT molecular complexity index is 568. The van der Waals surface area contributed by atoms with E-state index in [-0.39, 0.29) is 5.91 Å². The lowest BCUT2D eigenvalue weighted by Gasteiger charge is -2.32. The fraction of sp³-hybridized carbons (Fsp3) is 0.333. The first-order chi connectivity index (χ1) is 9.74. The van der Waals surface area contributed by atoms with Gasteiger partial charge in [-0.2, -0.15) is 5.10 Å². The van der Waals surface area contributed by atoms with E-state index in [4.69, 9.17) is 0 Å². The number of amides is 1. The highest BCUT2D eigenvalue weighted by atomic mass is 16.2. The summed E-state index contributed by atoms with van der Waals surface area (Å²) in [6, 6.07) is 9.48. The van der Waals surface area contributed by atoms with Gasteiger partial charge in [0.05, 0.1) is 5.69 Å². The molecule has 1 saturated heterocycles. The van der Waals surface area contributed by atoms with E-state index in [1.54, 1.807) is 10.9 Å². The molecule has 3 rings (SSSR count). The fourth-order valence-corrected chi connectivity index (χ4v) is 2.37. The summed E-state index contributed by atoms with van der Waals surface area (Å²) in [5, 5.41) is 4.17. The van der Waals surface area contributed by atoms with Crippen molar-refractivity contribution in [1.29, 1.82) is 0 Å². The number of benzene rings is 1. The Labute approximate surface area is 118 Å². The third kappa shape index (κ3) is 2.58. The zero-order valence-corrected chi connectivity index (χ0v) is 11.6. The second-order valence-corrected chi connectivity index (χ2v) is 5.09. The molecule has 20 heavy (non-hydrogen) atoms. The summed E-state index contributed by atoms with van der Waals surface area (Å²) in [7, 11) is 2.08. The fourth-order valence-electron chi connectivity index (χ4n) is 2.37. The zero-order chi connectivity index (χ0) is 13.9. The third-order valence-electron chi connectivity index (χ3n) is 3.67. The molecule has 1 aromatic heterocycles. The molecule has 5 heteroatoms. The summed E-state index contributed by atoms with van der Waals surface area (Å²) in [4.78, 5) is 16.5. The number of carbonyl (C=O) groups excluding carboxylic acids is 1. The molecular weight excluding hydrogens is 252 g/mol. The van der Waals surface area contributed by atoms with Gasteiger partial charge in [-0.15, -0.1) is 0 Å². The van der Waals surface area contributed by atoms with E-state index in [1.807, 2.05) is 41.4 Å². The van der Waals surface area contributed by atoms with Gasteiger partial charge in [-0.05, 0) is 37.4 Å². The molecule has 0 saturated carbocycles. The maximum absolute atomic E-state index is 12.4. The van der Waals surface area contributed by atoms with Gasteiger partial charge >= 0.3 is 0 Å². The molecule has 0 atom stereocenters. The van der Waals surface area contributed by atoms with Crippen LogP contribution in [0.4, 0.5) is 0 Å². The van der Waals surface area contributed by atoms with Gasteiger partial charge in [0.2, 0.25) is 0 Å². The van der Waals surface area contributed by atoms with Gasteiger partial charge in [0.25, 0.3) is 5.91 Å². The minimum Gasteiger partial charge on any atom is -0.336 e. The van der Waals surface area contributed by atoms with Crippen LogP contribution < -0.4 is 0 Å². The predicted octanol–water partition coefficient (Wildman–Crippen LogP) is 1.26. The second kappa shape index (κ2) is 5.46. The first-order valence-electron chi connectivity index (χ1n) is 6.82. The second-order valence-electron chi connectivity index (χ2n) is 5.09. The standard InChI is InChI=1S/C15H18N4O/c1-17-9-11-18(12-10-17)15(20)13-3-5-14(6-4-13)19-8-2-7-16-19/h2-8H,9-12H2,1H3. The zero-order valence-electron chi connectivity index (χ0n) is 11.6. The first-order valence-corrected chi connectivity index (χ1v) is 6.82. The molecule has 104 valence electrons. The third-order valence-corrected chi connectivity index (χ3v) is 3.67. The van der Waals surface area contributed by atoms with Crippen LogP contribution in [0.1, 0.15) is 10.4 Å². The van der Waals surface area contributed by atoms with Gasteiger partial charge in [-0.1, -0.05) is 0 Å². The number of piperazine rings is 1. The van der Waals surface area contributed by atoms with Crippen LogP contribution in [0.5, 0.6) is 0 Å². The van der Waals surface area contributed by atoms with Crippen LogP contribution in [-0.2, 0) is 0 Å². The molecule has 1 aliphatic rings. The molecule has 2 aromatic rings. The number of nitrogens with zero attached hydrogens (tertiary/aromatic N) is 4. The van der Waals surface area contributed by atoms with Gasteiger partial charge in [-0.25, -0.2) is 4.68 Å². The highest BCUT2D eigenvalue weighted by Gasteiger charge is 2.20. The van der Waals surface area contributed by atoms with Crippen molar-refractivity contribution in [3.63, 3.8) is 0 Å². The van der Waals surface area contributed by atoms with Crippen molar-refractivity contribution in [1.82, 2.24) is 19.6 Å². The lowest BCUT2D eigenvalue weighted by molar-refractivity contribution is 0.0664. The van der Waals surface area contributed by atoms with Crippen molar-refractivity contribution in [2.24, 2.45) is 0 Å². The molecule has 0 unspecified atom stereocenters. The van der Waals surface area contributed by atoms with Gasteiger partial charge in [0, 0.05) is 44.1 Å². The smallest absolute Gasteiger partial charge is 0.253 e. The van der Waals surface area contributed by atoms with E-state index in [1.165, 1.54) is 0 Å². The highest BCUT2D eigenvalue weighted by Crippen LogP contribution is 2.12. The van der Waals surface area contributed by atoms with Crippen molar-refractivity contribution in [3.05, 3.63) is 48.3 Å². The summed E-state index contributed by atoms with van der Waals surface area (Å²) in [6.07, 6.45) is 3.63. The molecule has 5 nitrogen and oxygen atoms in total. The largest absolute Gasteiger partial charge is 0.336 e. The Balaban J connectivity index is 1.73. The summed E-state index contributed by atoms with van der Waals surface area (Å²) in [5.41, 5.74) is 1.70. The average Bonchev–Trinajstić information content (AvgIpc) is 3.02. The topological polar surface area (TPSA) is 41.4 Å². The van der Waals surface area contributed by atoms with E-state index in [0.717, 1.165) is 37.4 Å². The van der Waals surface area contributed by atoms with Gasteiger partial charge in [-0.3, -0.25) is 4.79 Å². The molecule has 0 N–H and O–H groups in total. The number of carbonyl (C=O) groups is 1. The van der Waals surface area contributed by atoms with Crippen LogP contribution in [0.15, 0.2) is 42.7 Å². The van der Waals surface area contributed by atoms with Crippen LogP contribution in [0.25, 0.3) is 5.69 Å². The highest BCUT2D eigenvalue weighted by molar-refractivity contribution is 5.94. The van der Waals surface area contributed by atoms with Crippen molar-refractivity contribution >= 4 is 5.91 Å². The number of hydrogen-bond donors (Lipinski definition) is 0. The lowest BCUT2D eigenvalue weighted by atomic mass is 10.1. The molecule has 1 fully saturated rings. The number of hydrogen-bond acceptors (Lipinski definition) is 3.